The summed E-state index contributed by atoms with van der Waals surface area (Å²) < 4.78 is 2.65. The van der Waals surface area contributed by atoms with E-state index in [9.17, 15) is 0 Å². The van der Waals surface area contributed by atoms with Crippen molar-refractivity contribution in [3.05, 3.63) is 90.6 Å². The summed E-state index contributed by atoms with van der Waals surface area (Å²) in [5, 5.41) is 2.63. The lowest BCUT2D eigenvalue weighted by Gasteiger charge is -2.07. The first-order valence-corrected chi connectivity index (χ1v) is 9.55. The van der Waals surface area contributed by atoms with Crippen LogP contribution in [0.15, 0.2) is 85.1 Å². The van der Waals surface area contributed by atoms with Crippen LogP contribution in [0.25, 0.3) is 42.6 Å². The number of pyridine rings is 1. The summed E-state index contributed by atoms with van der Waals surface area (Å²) in [6.07, 6.45) is 1.91. The summed E-state index contributed by atoms with van der Waals surface area (Å²) in [4.78, 5) is 4.69. The fourth-order valence-electron chi connectivity index (χ4n) is 3.53. The van der Waals surface area contributed by atoms with Gasteiger partial charge in [0.1, 0.15) is 0 Å². The Labute approximate surface area is 156 Å². The molecule has 0 unspecified atom stereocenters. The first kappa shape index (κ1) is 15.3. The van der Waals surface area contributed by atoms with E-state index >= 15 is 0 Å². The van der Waals surface area contributed by atoms with Crippen molar-refractivity contribution in [3.8, 4) is 22.4 Å². The summed E-state index contributed by atoms with van der Waals surface area (Å²) >= 11 is 1.86. The molecule has 0 aliphatic heterocycles. The average molecular weight is 351 g/mol. The van der Waals surface area contributed by atoms with Crippen molar-refractivity contribution in [1.82, 2.24) is 4.98 Å². The standard InChI is InChI=1S/C24H17NS/c1-16-10-11-20-23(14-16)26-22-9-5-8-19(24(20)22)21-15-18(12-13-25-21)17-6-3-2-4-7-17/h2-15H,1H3. The Morgan fingerprint density at radius 1 is 0.731 bits per heavy atom. The lowest BCUT2D eigenvalue weighted by molar-refractivity contribution is 1.33. The lowest BCUT2D eigenvalue weighted by atomic mass is 10.00. The number of benzene rings is 3. The smallest absolute Gasteiger partial charge is 0.0714 e. The number of aromatic nitrogens is 1. The number of hydrogen-bond acceptors (Lipinski definition) is 2. The van der Waals surface area contributed by atoms with E-state index in [2.05, 4.69) is 79.7 Å². The van der Waals surface area contributed by atoms with Crippen LogP contribution in [0.5, 0.6) is 0 Å². The molecule has 26 heavy (non-hydrogen) atoms. The van der Waals surface area contributed by atoms with Gasteiger partial charge in [-0.1, -0.05) is 54.6 Å². The molecule has 0 atom stereocenters. The van der Waals surface area contributed by atoms with Gasteiger partial charge in [-0.15, -0.1) is 11.3 Å². The number of aryl methyl sites for hydroxylation is 1. The third-order valence-corrected chi connectivity index (χ3v) is 5.91. The predicted octanol–water partition coefficient (Wildman–Crippen LogP) is 7.09. The molecular weight excluding hydrogens is 334 g/mol. The second-order valence-corrected chi connectivity index (χ2v) is 7.66. The molecule has 0 saturated heterocycles. The summed E-state index contributed by atoms with van der Waals surface area (Å²) in [5.74, 6) is 0. The SMILES string of the molecule is Cc1ccc2c(c1)sc1cccc(-c3cc(-c4ccccc4)ccn3)c12. The van der Waals surface area contributed by atoms with Crippen LogP contribution in [0.3, 0.4) is 0 Å². The van der Waals surface area contributed by atoms with Gasteiger partial charge >= 0.3 is 0 Å². The molecule has 0 spiro atoms. The minimum absolute atomic E-state index is 1.03. The highest BCUT2D eigenvalue weighted by Gasteiger charge is 2.12. The maximum absolute atomic E-state index is 4.69. The molecular formula is C24H17NS. The van der Waals surface area contributed by atoms with Crippen LogP contribution < -0.4 is 0 Å². The molecule has 0 aliphatic carbocycles. The molecule has 0 amide bonds. The highest BCUT2D eigenvalue weighted by atomic mass is 32.1. The average Bonchev–Trinajstić information content (AvgIpc) is 3.06. The Morgan fingerprint density at radius 3 is 2.50 bits per heavy atom. The molecule has 0 radical (unpaired) electrons. The van der Waals surface area contributed by atoms with Gasteiger partial charge in [0.2, 0.25) is 0 Å². The zero-order valence-corrected chi connectivity index (χ0v) is 15.3. The van der Waals surface area contributed by atoms with E-state index in [-0.39, 0.29) is 0 Å². The van der Waals surface area contributed by atoms with Gasteiger partial charge in [-0.05, 0) is 47.9 Å². The minimum atomic E-state index is 1.03. The Hall–Kier alpha value is -2.97. The van der Waals surface area contributed by atoms with Crippen LogP contribution in [0.1, 0.15) is 5.56 Å². The molecule has 0 bridgehead atoms. The van der Waals surface area contributed by atoms with Crippen LogP contribution >= 0.6 is 11.3 Å². The zero-order valence-electron chi connectivity index (χ0n) is 14.4. The Kier molecular flexibility index (Phi) is 3.58. The van der Waals surface area contributed by atoms with Crippen LogP contribution in [-0.2, 0) is 0 Å². The van der Waals surface area contributed by atoms with Crippen molar-refractivity contribution in [2.75, 3.05) is 0 Å². The van der Waals surface area contributed by atoms with Crippen LogP contribution in [0.4, 0.5) is 0 Å². The molecule has 2 heteroatoms. The van der Waals surface area contributed by atoms with Gasteiger partial charge in [0.15, 0.2) is 0 Å². The van der Waals surface area contributed by atoms with Gasteiger partial charge in [0.25, 0.3) is 0 Å². The maximum Gasteiger partial charge on any atom is 0.0714 e. The fourth-order valence-corrected chi connectivity index (χ4v) is 4.76. The van der Waals surface area contributed by atoms with E-state index in [0.29, 0.717) is 0 Å². The first-order valence-electron chi connectivity index (χ1n) is 8.73. The molecule has 1 nitrogen and oxygen atoms in total. The number of thiophene rings is 1. The molecule has 5 aromatic rings. The third-order valence-electron chi connectivity index (χ3n) is 4.80. The van der Waals surface area contributed by atoms with Crippen molar-refractivity contribution >= 4 is 31.5 Å². The van der Waals surface area contributed by atoms with Crippen LogP contribution in [0.2, 0.25) is 0 Å². The van der Waals surface area contributed by atoms with Crippen LogP contribution in [-0.4, -0.2) is 4.98 Å². The van der Waals surface area contributed by atoms with Gasteiger partial charge in [0, 0.05) is 31.9 Å². The molecule has 2 heterocycles. The van der Waals surface area contributed by atoms with Gasteiger partial charge < -0.3 is 0 Å². The highest BCUT2D eigenvalue weighted by molar-refractivity contribution is 7.25. The molecule has 5 rings (SSSR count). The summed E-state index contributed by atoms with van der Waals surface area (Å²) in [6, 6.07) is 28.0. The van der Waals surface area contributed by atoms with Crippen molar-refractivity contribution in [3.63, 3.8) is 0 Å². The van der Waals surface area contributed by atoms with Crippen molar-refractivity contribution in [2.24, 2.45) is 0 Å². The molecule has 0 fully saturated rings. The van der Waals surface area contributed by atoms with Crippen molar-refractivity contribution in [2.45, 2.75) is 6.92 Å². The summed E-state index contributed by atoms with van der Waals surface area (Å²) in [5.41, 5.74) is 5.94. The Morgan fingerprint density at radius 2 is 1.62 bits per heavy atom. The molecule has 0 saturated carbocycles. The second-order valence-electron chi connectivity index (χ2n) is 6.58. The topological polar surface area (TPSA) is 12.9 Å². The van der Waals surface area contributed by atoms with E-state index in [1.807, 2.05) is 23.6 Å². The van der Waals surface area contributed by atoms with E-state index < -0.39 is 0 Å². The number of hydrogen-bond donors (Lipinski definition) is 0. The van der Waals surface area contributed by atoms with E-state index in [1.165, 1.54) is 42.4 Å². The van der Waals surface area contributed by atoms with Gasteiger partial charge in [-0.3, -0.25) is 4.98 Å². The largest absolute Gasteiger partial charge is 0.256 e. The van der Waals surface area contributed by atoms with Crippen molar-refractivity contribution < 1.29 is 0 Å². The Balaban J connectivity index is 1.76. The predicted molar refractivity (Wildman–Crippen MR) is 113 cm³/mol. The summed E-state index contributed by atoms with van der Waals surface area (Å²) in [6.45, 7) is 2.15. The lowest BCUT2D eigenvalue weighted by Crippen LogP contribution is -1.86. The van der Waals surface area contributed by atoms with Crippen molar-refractivity contribution in [1.29, 1.82) is 0 Å². The first-order chi connectivity index (χ1) is 12.8. The summed E-state index contributed by atoms with van der Waals surface area (Å²) in [7, 11) is 0. The van der Waals surface area contributed by atoms with E-state index in [0.717, 1.165) is 5.69 Å². The molecule has 0 N–H and O–H groups in total. The Bertz CT molecular complexity index is 1240. The van der Waals surface area contributed by atoms with E-state index in [4.69, 9.17) is 4.98 Å². The maximum atomic E-state index is 4.69. The number of fused-ring (bicyclic) bond motifs is 3. The normalized spacial score (nSPS) is 11.3. The quantitative estimate of drug-likeness (QED) is 0.331. The second kappa shape index (κ2) is 6.08. The molecule has 124 valence electrons. The highest BCUT2D eigenvalue weighted by Crippen LogP contribution is 2.40. The number of rotatable bonds is 2. The van der Waals surface area contributed by atoms with Gasteiger partial charge in [-0.2, -0.15) is 0 Å². The van der Waals surface area contributed by atoms with Gasteiger partial charge in [0.05, 0.1) is 5.69 Å². The monoisotopic (exact) mass is 351 g/mol. The zero-order chi connectivity index (χ0) is 17.5. The molecule has 0 aliphatic rings. The molecule has 2 aromatic heterocycles. The van der Waals surface area contributed by atoms with Crippen LogP contribution in [0, 0.1) is 6.92 Å². The van der Waals surface area contributed by atoms with E-state index in [1.54, 1.807) is 0 Å². The molecule has 3 aromatic carbocycles. The van der Waals surface area contributed by atoms with Gasteiger partial charge in [-0.25, -0.2) is 0 Å². The number of nitrogens with zero attached hydrogens (tertiary/aromatic N) is 1. The minimum Gasteiger partial charge on any atom is -0.256 e. The fraction of sp³-hybridized carbons (Fsp3) is 0.0417. The third kappa shape index (κ3) is 2.51.